The predicted molar refractivity (Wildman–Crippen MR) is 125 cm³/mol. The van der Waals surface area contributed by atoms with Gasteiger partial charge in [0.15, 0.2) is 0 Å². The topological polar surface area (TPSA) is 197 Å². The first-order valence-corrected chi connectivity index (χ1v) is 11.6. The molecule has 6 unspecified atom stereocenters. The standard InChI is InChI=1S/C22H43N5O6/c1-6-13(4)17(22(32)33)26-21(31)18(14(5)28)27-20(30)16(9-7-8-10-23)25-19(29)15(24)11-12(2)3/h12-18,28H,6-11,23-24H2,1-5H3,(H,25,29)(H,26,31)(H,27,30)(H,32,33). The van der Waals surface area contributed by atoms with Crippen molar-refractivity contribution in [2.24, 2.45) is 23.3 Å². The van der Waals surface area contributed by atoms with Gasteiger partial charge in [0.1, 0.15) is 18.1 Å². The van der Waals surface area contributed by atoms with Gasteiger partial charge in [0.25, 0.3) is 0 Å². The second-order valence-corrected chi connectivity index (χ2v) is 9.02. The van der Waals surface area contributed by atoms with Crippen molar-refractivity contribution in [1.82, 2.24) is 16.0 Å². The minimum Gasteiger partial charge on any atom is -0.480 e. The Morgan fingerprint density at radius 3 is 1.91 bits per heavy atom. The van der Waals surface area contributed by atoms with Crippen molar-refractivity contribution in [1.29, 1.82) is 0 Å². The van der Waals surface area contributed by atoms with Crippen LogP contribution in [0.5, 0.6) is 0 Å². The van der Waals surface area contributed by atoms with Crippen LogP contribution in [0.3, 0.4) is 0 Å². The molecule has 0 heterocycles. The molecule has 0 rings (SSSR count). The van der Waals surface area contributed by atoms with E-state index in [0.29, 0.717) is 32.2 Å². The van der Waals surface area contributed by atoms with E-state index < -0.39 is 54.0 Å². The quantitative estimate of drug-likeness (QED) is 0.145. The Bertz CT molecular complexity index is 643. The van der Waals surface area contributed by atoms with Crippen LogP contribution < -0.4 is 27.4 Å². The van der Waals surface area contributed by atoms with Crippen LogP contribution in [0.1, 0.15) is 66.7 Å². The predicted octanol–water partition coefficient (Wildman–Crippen LogP) is -0.545. The minimum absolute atomic E-state index is 0.186. The number of nitrogens with two attached hydrogens (primary N) is 2. The highest BCUT2D eigenvalue weighted by Gasteiger charge is 2.33. The normalized spacial score (nSPS) is 16.8. The first kappa shape index (κ1) is 30.8. The molecule has 0 fully saturated rings. The fourth-order valence-corrected chi connectivity index (χ4v) is 3.24. The zero-order chi connectivity index (χ0) is 25.7. The van der Waals surface area contributed by atoms with Crippen molar-refractivity contribution in [3.8, 4) is 0 Å². The van der Waals surface area contributed by atoms with Crippen LogP contribution in [0.15, 0.2) is 0 Å². The number of carbonyl (C=O) groups is 4. The third-order valence-corrected chi connectivity index (χ3v) is 5.48. The van der Waals surface area contributed by atoms with Crippen LogP contribution in [-0.4, -0.2) is 70.7 Å². The van der Waals surface area contributed by atoms with Crippen LogP contribution in [0, 0.1) is 11.8 Å². The number of carbonyl (C=O) groups excluding carboxylic acids is 3. The maximum absolute atomic E-state index is 12.9. The first-order chi connectivity index (χ1) is 15.3. The molecule has 0 aliphatic rings. The highest BCUT2D eigenvalue weighted by atomic mass is 16.4. The largest absolute Gasteiger partial charge is 0.480 e. The van der Waals surface area contributed by atoms with E-state index in [2.05, 4.69) is 16.0 Å². The smallest absolute Gasteiger partial charge is 0.326 e. The average Bonchev–Trinajstić information content (AvgIpc) is 2.73. The Morgan fingerprint density at radius 1 is 0.879 bits per heavy atom. The Hall–Kier alpha value is -2.24. The number of carboxylic acids is 1. The Labute approximate surface area is 196 Å². The number of amides is 3. The van der Waals surface area contributed by atoms with Crippen molar-refractivity contribution in [2.45, 2.75) is 97.0 Å². The molecule has 11 heteroatoms. The number of nitrogens with one attached hydrogen (secondary N) is 3. The second kappa shape index (κ2) is 15.6. The summed E-state index contributed by atoms with van der Waals surface area (Å²) in [5, 5.41) is 27.0. The van der Waals surface area contributed by atoms with E-state index in [-0.39, 0.29) is 18.3 Å². The molecule has 3 amide bonds. The minimum atomic E-state index is -1.40. The van der Waals surface area contributed by atoms with Gasteiger partial charge in [-0.15, -0.1) is 0 Å². The average molecular weight is 474 g/mol. The van der Waals surface area contributed by atoms with Gasteiger partial charge in [-0.3, -0.25) is 14.4 Å². The molecule has 6 atom stereocenters. The van der Waals surface area contributed by atoms with Crippen molar-refractivity contribution in [3.05, 3.63) is 0 Å². The van der Waals surface area contributed by atoms with Crippen LogP contribution in [-0.2, 0) is 19.2 Å². The van der Waals surface area contributed by atoms with Crippen LogP contribution in [0.2, 0.25) is 0 Å². The molecule has 0 aromatic carbocycles. The summed E-state index contributed by atoms with van der Waals surface area (Å²) in [7, 11) is 0. The molecule has 0 saturated carbocycles. The third kappa shape index (κ3) is 11.4. The summed E-state index contributed by atoms with van der Waals surface area (Å²) in [6.45, 7) is 9.05. The van der Waals surface area contributed by atoms with E-state index in [0.717, 1.165) is 0 Å². The number of aliphatic hydroxyl groups excluding tert-OH is 1. The Balaban J connectivity index is 5.46. The highest BCUT2D eigenvalue weighted by Crippen LogP contribution is 2.10. The lowest BCUT2D eigenvalue weighted by atomic mass is 9.98. The lowest BCUT2D eigenvalue weighted by molar-refractivity contribution is -0.144. The number of rotatable bonds is 16. The second-order valence-electron chi connectivity index (χ2n) is 9.02. The Kier molecular flexibility index (Phi) is 14.5. The Morgan fingerprint density at radius 2 is 1.45 bits per heavy atom. The van der Waals surface area contributed by atoms with E-state index >= 15 is 0 Å². The van der Waals surface area contributed by atoms with Gasteiger partial charge >= 0.3 is 5.97 Å². The molecule has 9 N–H and O–H groups in total. The summed E-state index contributed by atoms with van der Waals surface area (Å²) >= 11 is 0. The van der Waals surface area contributed by atoms with Crippen molar-refractivity contribution < 1.29 is 29.4 Å². The summed E-state index contributed by atoms with van der Waals surface area (Å²) in [6, 6.07) is -4.35. The van der Waals surface area contributed by atoms with Crippen LogP contribution in [0.4, 0.5) is 0 Å². The number of aliphatic hydroxyl groups is 1. The van der Waals surface area contributed by atoms with Gasteiger partial charge in [0.2, 0.25) is 17.7 Å². The van der Waals surface area contributed by atoms with Crippen molar-refractivity contribution >= 4 is 23.7 Å². The maximum Gasteiger partial charge on any atom is 0.326 e. The molecule has 0 saturated heterocycles. The number of carboxylic acid groups (broad SMARTS) is 1. The molecule has 0 radical (unpaired) electrons. The summed E-state index contributed by atoms with van der Waals surface area (Å²) < 4.78 is 0. The fourth-order valence-electron chi connectivity index (χ4n) is 3.24. The first-order valence-electron chi connectivity index (χ1n) is 11.6. The van der Waals surface area contributed by atoms with Crippen LogP contribution >= 0.6 is 0 Å². The van der Waals surface area contributed by atoms with E-state index in [9.17, 15) is 29.4 Å². The molecule has 33 heavy (non-hydrogen) atoms. The van der Waals surface area contributed by atoms with E-state index in [1.807, 2.05) is 13.8 Å². The fraction of sp³-hybridized carbons (Fsp3) is 0.818. The zero-order valence-corrected chi connectivity index (χ0v) is 20.5. The molecule has 0 aromatic heterocycles. The number of hydrogen-bond acceptors (Lipinski definition) is 7. The van der Waals surface area contributed by atoms with Gasteiger partial charge in [-0.25, -0.2) is 4.79 Å². The molecule has 0 bridgehead atoms. The molecule has 0 aliphatic heterocycles. The summed E-state index contributed by atoms with van der Waals surface area (Å²) in [5.74, 6) is -3.37. The van der Waals surface area contributed by atoms with Gasteiger partial charge in [-0.05, 0) is 51.0 Å². The molecule has 192 valence electrons. The maximum atomic E-state index is 12.9. The molecular weight excluding hydrogens is 430 g/mol. The lowest BCUT2D eigenvalue weighted by Crippen LogP contribution is -2.60. The van der Waals surface area contributed by atoms with Gasteiger partial charge in [-0.1, -0.05) is 34.1 Å². The van der Waals surface area contributed by atoms with Gasteiger partial charge in [0.05, 0.1) is 12.1 Å². The van der Waals surface area contributed by atoms with E-state index in [1.54, 1.807) is 13.8 Å². The molecule has 0 aromatic rings. The van der Waals surface area contributed by atoms with Gasteiger partial charge in [0, 0.05) is 0 Å². The lowest BCUT2D eigenvalue weighted by Gasteiger charge is -2.28. The van der Waals surface area contributed by atoms with Crippen molar-refractivity contribution in [3.63, 3.8) is 0 Å². The molecule has 0 spiro atoms. The van der Waals surface area contributed by atoms with Crippen molar-refractivity contribution in [2.75, 3.05) is 6.54 Å². The SMILES string of the molecule is CCC(C)C(NC(=O)C(NC(=O)C(CCCCN)NC(=O)C(N)CC(C)C)C(C)O)C(=O)O. The third-order valence-electron chi connectivity index (χ3n) is 5.48. The van der Waals surface area contributed by atoms with Gasteiger partial charge < -0.3 is 37.6 Å². The summed E-state index contributed by atoms with van der Waals surface area (Å²) in [4.78, 5) is 49.7. The number of aliphatic carboxylic acids is 1. The number of hydrogen-bond donors (Lipinski definition) is 7. The molecular formula is C22H43N5O6. The monoisotopic (exact) mass is 473 g/mol. The van der Waals surface area contributed by atoms with Gasteiger partial charge in [-0.2, -0.15) is 0 Å². The molecule has 0 aliphatic carbocycles. The van der Waals surface area contributed by atoms with E-state index in [1.165, 1.54) is 6.92 Å². The summed E-state index contributed by atoms with van der Waals surface area (Å²) in [6.07, 6.45) is 1.09. The molecule has 11 nitrogen and oxygen atoms in total. The van der Waals surface area contributed by atoms with E-state index in [4.69, 9.17) is 11.5 Å². The zero-order valence-electron chi connectivity index (χ0n) is 20.5. The van der Waals surface area contributed by atoms with Crippen LogP contribution in [0.25, 0.3) is 0 Å². The highest BCUT2D eigenvalue weighted by molar-refractivity contribution is 5.94. The summed E-state index contributed by atoms with van der Waals surface area (Å²) in [5.41, 5.74) is 11.4. The number of unbranched alkanes of at least 4 members (excludes halogenated alkanes) is 1.